The largest absolute Gasteiger partial charge is 0.491 e. The molecule has 0 spiro atoms. The van der Waals surface area contributed by atoms with Gasteiger partial charge in [-0.05, 0) is 60.7 Å². The van der Waals surface area contributed by atoms with E-state index in [-0.39, 0.29) is 6.61 Å². The van der Waals surface area contributed by atoms with Gasteiger partial charge in [0.1, 0.15) is 18.5 Å². The van der Waals surface area contributed by atoms with Crippen LogP contribution in [0.15, 0.2) is 42.7 Å². The Balaban J connectivity index is 1.63. The fourth-order valence-corrected chi connectivity index (χ4v) is 2.88. The number of aryl methyl sites for hydroxylation is 2. The highest BCUT2D eigenvalue weighted by molar-refractivity contribution is 5.77. The first-order valence-electron chi connectivity index (χ1n) is 8.77. The molecule has 0 amide bonds. The van der Waals surface area contributed by atoms with Crippen molar-refractivity contribution in [3.63, 3.8) is 0 Å². The molecule has 0 saturated heterocycles. The highest BCUT2D eigenvalue weighted by Crippen LogP contribution is 2.20. The van der Waals surface area contributed by atoms with Crippen LogP contribution in [0.5, 0.6) is 5.75 Å². The minimum absolute atomic E-state index is 0.255. The normalized spacial score (nSPS) is 12.7. The van der Waals surface area contributed by atoms with E-state index in [2.05, 4.69) is 56.9 Å². The second kappa shape index (κ2) is 7.28. The lowest BCUT2D eigenvalue weighted by Crippen LogP contribution is -2.23. The first-order chi connectivity index (χ1) is 11.9. The van der Waals surface area contributed by atoms with Crippen LogP contribution >= 0.6 is 0 Å². The third kappa shape index (κ3) is 4.02. The zero-order valence-corrected chi connectivity index (χ0v) is 15.4. The number of nitrogens with zero attached hydrogens (tertiary/aromatic N) is 2. The minimum atomic E-state index is -0.594. The van der Waals surface area contributed by atoms with Crippen LogP contribution in [-0.2, 0) is 6.54 Å². The summed E-state index contributed by atoms with van der Waals surface area (Å²) in [5.41, 5.74) is 5.74. The molecule has 25 heavy (non-hydrogen) atoms. The van der Waals surface area contributed by atoms with Crippen LogP contribution in [0.2, 0.25) is 0 Å². The molecule has 3 rings (SSSR count). The second-order valence-electron chi connectivity index (χ2n) is 7.01. The standard InChI is InChI=1S/C21H26N2O2/c1-14(2)17-5-7-19(8-6-17)25-12-18(24)11-23-13-22-20-9-15(3)16(4)10-21(20)23/h5-10,13-14,18,24H,11-12H2,1-4H3/t18-/m1/s1. The van der Waals surface area contributed by atoms with Gasteiger partial charge in [-0.1, -0.05) is 26.0 Å². The molecule has 0 saturated carbocycles. The molecule has 0 radical (unpaired) electrons. The summed E-state index contributed by atoms with van der Waals surface area (Å²) in [5.74, 6) is 1.28. The van der Waals surface area contributed by atoms with Crippen LogP contribution in [0.4, 0.5) is 0 Å². The van der Waals surface area contributed by atoms with Crippen LogP contribution in [0.1, 0.15) is 36.5 Å². The Hall–Kier alpha value is -2.33. The molecule has 132 valence electrons. The van der Waals surface area contributed by atoms with Crippen LogP contribution in [0.25, 0.3) is 11.0 Å². The molecular formula is C21H26N2O2. The molecule has 1 N–H and O–H groups in total. The van der Waals surface area contributed by atoms with E-state index >= 15 is 0 Å². The first-order valence-corrected chi connectivity index (χ1v) is 8.77. The van der Waals surface area contributed by atoms with Gasteiger partial charge in [-0.15, -0.1) is 0 Å². The lowest BCUT2D eigenvalue weighted by atomic mass is 10.0. The molecule has 2 aromatic carbocycles. The number of aromatic nitrogens is 2. The molecule has 4 heteroatoms. The number of aliphatic hydroxyl groups excluding tert-OH is 1. The second-order valence-corrected chi connectivity index (χ2v) is 7.01. The van der Waals surface area contributed by atoms with Crippen molar-refractivity contribution >= 4 is 11.0 Å². The van der Waals surface area contributed by atoms with Gasteiger partial charge in [-0.2, -0.15) is 0 Å². The van der Waals surface area contributed by atoms with E-state index in [0.29, 0.717) is 12.5 Å². The van der Waals surface area contributed by atoms with E-state index in [0.717, 1.165) is 16.8 Å². The highest BCUT2D eigenvalue weighted by atomic mass is 16.5. The predicted molar refractivity (Wildman–Crippen MR) is 101 cm³/mol. The van der Waals surface area contributed by atoms with Crippen molar-refractivity contribution in [2.24, 2.45) is 0 Å². The summed E-state index contributed by atoms with van der Waals surface area (Å²) in [7, 11) is 0. The van der Waals surface area contributed by atoms with E-state index in [1.54, 1.807) is 6.33 Å². The smallest absolute Gasteiger partial charge is 0.119 e. The first kappa shape index (κ1) is 17.5. The van der Waals surface area contributed by atoms with E-state index in [9.17, 15) is 5.11 Å². The Morgan fingerprint density at radius 1 is 1.08 bits per heavy atom. The van der Waals surface area contributed by atoms with Crippen molar-refractivity contribution in [2.75, 3.05) is 6.61 Å². The average molecular weight is 338 g/mol. The number of imidazole rings is 1. The summed E-state index contributed by atoms with van der Waals surface area (Å²) in [6, 6.07) is 12.3. The van der Waals surface area contributed by atoms with Crippen LogP contribution in [0.3, 0.4) is 0 Å². The molecule has 1 aromatic heterocycles. The number of ether oxygens (including phenoxy) is 1. The third-order valence-electron chi connectivity index (χ3n) is 4.63. The van der Waals surface area contributed by atoms with Gasteiger partial charge in [0.05, 0.1) is 23.9 Å². The number of rotatable bonds is 6. The SMILES string of the molecule is Cc1cc2ncn(C[C@@H](O)COc3ccc(C(C)C)cc3)c2cc1C. The molecule has 0 unspecified atom stereocenters. The summed E-state index contributed by atoms with van der Waals surface area (Å²) in [5, 5.41) is 10.3. The number of hydrogen-bond donors (Lipinski definition) is 1. The topological polar surface area (TPSA) is 47.3 Å². The van der Waals surface area contributed by atoms with E-state index < -0.39 is 6.10 Å². The summed E-state index contributed by atoms with van der Waals surface area (Å²) >= 11 is 0. The van der Waals surface area contributed by atoms with Crippen LogP contribution < -0.4 is 4.74 Å². The number of benzene rings is 2. The molecule has 0 fully saturated rings. The maximum absolute atomic E-state index is 10.3. The zero-order valence-electron chi connectivity index (χ0n) is 15.4. The fourth-order valence-electron chi connectivity index (χ4n) is 2.88. The lowest BCUT2D eigenvalue weighted by Gasteiger charge is -2.14. The van der Waals surface area contributed by atoms with E-state index in [4.69, 9.17) is 4.74 Å². The Labute approximate surface area is 149 Å². The van der Waals surface area contributed by atoms with Gasteiger partial charge >= 0.3 is 0 Å². The zero-order chi connectivity index (χ0) is 18.0. The van der Waals surface area contributed by atoms with E-state index in [1.807, 2.05) is 16.7 Å². The van der Waals surface area contributed by atoms with Crippen LogP contribution in [-0.4, -0.2) is 27.4 Å². The molecule has 1 heterocycles. The third-order valence-corrected chi connectivity index (χ3v) is 4.63. The molecule has 0 aliphatic rings. The predicted octanol–water partition coefficient (Wildman–Crippen LogP) is 4.22. The fraction of sp³-hybridized carbons (Fsp3) is 0.381. The maximum Gasteiger partial charge on any atom is 0.119 e. The van der Waals surface area contributed by atoms with Gasteiger partial charge < -0.3 is 14.4 Å². The Morgan fingerprint density at radius 2 is 1.76 bits per heavy atom. The number of aliphatic hydroxyl groups is 1. The van der Waals surface area contributed by atoms with Crippen molar-refractivity contribution in [1.82, 2.24) is 9.55 Å². The number of fused-ring (bicyclic) bond motifs is 1. The molecule has 4 nitrogen and oxygen atoms in total. The summed E-state index contributed by atoms with van der Waals surface area (Å²) in [6.07, 6.45) is 1.19. The van der Waals surface area contributed by atoms with Crippen LogP contribution in [0, 0.1) is 13.8 Å². The van der Waals surface area contributed by atoms with Gasteiger partial charge in [-0.25, -0.2) is 4.98 Å². The minimum Gasteiger partial charge on any atom is -0.491 e. The summed E-state index contributed by atoms with van der Waals surface area (Å²) in [6.45, 7) is 9.22. The van der Waals surface area contributed by atoms with Crippen molar-refractivity contribution < 1.29 is 9.84 Å². The molecule has 0 aliphatic carbocycles. The van der Waals surface area contributed by atoms with Crippen molar-refractivity contribution in [1.29, 1.82) is 0 Å². The molecule has 0 aliphatic heterocycles. The average Bonchev–Trinajstić information content (AvgIpc) is 2.95. The molecule has 1 atom stereocenters. The summed E-state index contributed by atoms with van der Waals surface area (Å²) < 4.78 is 7.71. The Bertz CT molecular complexity index is 850. The summed E-state index contributed by atoms with van der Waals surface area (Å²) in [4.78, 5) is 4.43. The highest BCUT2D eigenvalue weighted by Gasteiger charge is 2.11. The van der Waals surface area contributed by atoms with Gasteiger partial charge in [0.25, 0.3) is 0 Å². The van der Waals surface area contributed by atoms with Gasteiger partial charge in [-0.3, -0.25) is 0 Å². The molecular weight excluding hydrogens is 312 g/mol. The van der Waals surface area contributed by atoms with Crippen molar-refractivity contribution in [2.45, 2.75) is 46.3 Å². The molecule has 3 aromatic rings. The molecule has 0 bridgehead atoms. The number of hydrogen-bond acceptors (Lipinski definition) is 3. The Kier molecular flexibility index (Phi) is 5.09. The van der Waals surface area contributed by atoms with Gasteiger partial charge in [0, 0.05) is 0 Å². The lowest BCUT2D eigenvalue weighted by molar-refractivity contribution is 0.0934. The van der Waals surface area contributed by atoms with Crippen molar-refractivity contribution in [3.8, 4) is 5.75 Å². The van der Waals surface area contributed by atoms with E-state index in [1.165, 1.54) is 16.7 Å². The monoisotopic (exact) mass is 338 g/mol. The quantitative estimate of drug-likeness (QED) is 0.732. The van der Waals surface area contributed by atoms with Crippen molar-refractivity contribution in [3.05, 3.63) is 59.4 Å². The Morgan fingerprint density at radius 3 is 2.44 bits per heavy atom. The maximum atomic E-state index is 10.3. The van der Waals surface area contributed by atoms with Gasteiger partial charge in [0.2, 0.25) is 0 Å². The van der Waals surface area contributed by atoms with Gasteiger partial charge in [0.15, 0.2) is 0 Å².